The average molecular weight is 332 g/mol. The van der Waals surface area contributed by atoms with E-state index in [0.717, 1.165) is 29.7 Å². The molecule has 1 aromatic carbocycles. The number of aromatic nitrogens is 3. The van der Waals surface area contributed by atoms with E-state index in [1.807, 2.05) is 18.2 Å². The van der Waals surface area contributed by atoms with Crippen LogP contribution in [0.3, 0.4) is 0 Å². The van der Waals surface area contributed by atoms with Crippen LogP contribution in [0.1, 0.15) is 30.7 Å². The number of rotatable bonds is 6. The first-order valence-electron chi connectivity index (χ1n) is 7.51. The molecule has 122 valence electrons. The third-order valence-electron chi connectivity index (χ3n) is 3.44. The van der Waals surface area contributed by atoms with Crippen molar-refractivity contribution < 1.29 is 4.79 Å². The molecule has 2 rings (SSSR count). The quantitative estimate of drug-likeness (QED) is 0.793. The van der Waals surface area contributed by atoms with Crippen molar-refractivity contribution in [2.45, 2.75) is 38.6 Å². The van der Waals surface area contributed by atoms with Gasteiger partial charge in [-0.05, 0) is 30.9 Å². The molecule has 7 heteroatoms. The molecule has 0 atom stereocenters. The van der Waals surface area contributed by atoms with Crippen molar-refractivity contribution in [3.63, 3.8) is 0 Å². The molecule has 0 spiro atoms. The Hall–Kier alpha value is -2.15. The summed E-state index contributed by atoms with van der Waals surface area (Å²) in [5.41, 5.74) is 3.23. The molecule has 0 aliphatic carbocycles. The maximum Gasteiger partial charge on any atom is 0.362 e. The molecule has 0 aliphatic heterocycles. The van der Waals surface area contributed by atoms with Crippen molar-refractivity contribution in [3.8, 4) is 0 Å². The Balaban J connectivity index is 2.08. The van der Waals surface area contributed by atoms with Gasteiger partial charge in [-0.2, -0.15) is 10.1 Å². The Morgan fingerprint density at radius 2 is 1.91 bits per heavy atom. The van der Waals surface area contributed by atoms with E-state index >= 15 is 0 Å². The molecule has 0 aliphatic rings. The minimum atomic E-state index is -0.511. The SMILES string of the molecule is CCc1cccc(CC)c1NC(=O)CSc1nc(=O)[nH]nc1C. The molecule has 1 heterocycles. The summed E-state index contributed by atoms with van der Waals surface area (Å²) in [6.45, 7) is 5.87. The van der Waals surface area contributed by atoms with E-state index in [1.54, 1.807) is 6.92 Å². The molecule has 0 saturated carbocycles. The number of thioether (sulfide) groups is 1. The van der Waals surface area contributed by atoms with Crippen LogP contribution in [0.4, 0.5) is 5.69 Å². The summed E-state index contributed by atoms with van der Waals surface area (Å²) in [6.07, 6.45) is 1.71. The van der Waals surface area contributed by atoms with Crippen molar-refractivity contribution in [1.29, 1.82) is 0 Å². The zero-order valence-electron chi connectivity index (χ0n) is 13.5. The number of carbonyl (C=O) groups excluding carboxylic acids is 1. The van der Waals surface area contributed by atoms with Gasteiger partial charge < -0.3 is 5.32 Å². The smallest absolute Gasteiger partial charge is 0.325 e. The number of para-hydroxylation sites is 1. The number of anilines is 1. The van der Waals surface area contributed by atoms with Gasteiger partial charge in [0.2, 0.25) is 5.91 Å². The molecule has 0 fully saturated rings. The monoisotopic (exact) mass is 332 g/mol. The third kappa shape index (κ3) is 4.41. The van der Waals surface area contributed by atoms with Gasteiger partial charge >= 0.3 is 5.69 Å². The second kappa shape index (κ2) is 7.92. The predicted octanol–water partition coefficient (Wildman–Crippen LogP) is 2.33. The lowest BCUT2D eigenvalue weighted by Gasteiger charge is -2.14. The Bertz CT molecular complexity index is 736. The molecule has 0 radical (unpaired) electrons. The number of hydrogen-bond donors (Lipinski definition) is 2. The maximum absolute atomic E-state index is 12.3. The highest BCUT2D eigenvalue weighted by atomic mass is 32.2. The van der Waals surface area contributed by atoms with Gasteiger partial charge in [0, 0.05) is 5.69 Å². The van der Waals surface area contributed by atoms with E-state index in [2.05, 4.69) is 34.3 Å². The molecule has 23 heavy (non-hydrogen) atoms. The van der Waals surface area contributed by atoms with E-state index in [0.29, 0.717) is 10.7 Å². The van der Waals surface area contributed by atoms with Crippen LogP contribution >= 0.6 is 11.8 Å². The zero-order valence-corrected chi connectivity index (χ0v) is 14.3. The Labute approximate surface area is 139 Å². The summed E-state index contributed by atoms with van der Waals surface area (Å²) < 4.78 is 0. The summed E-state index contributed by atoms with van der Waals surface area (Å²) in [6, 6.07) is 6.06. The fraction of sp³-hybridized carbons (Fsp3) is 0.375. The van der Waals surface area contributed by atoms with E-state index in [9.17, 15) is 9.59 Å². The number of hydrogen-bond acceptors (Lipinski definition) is 5. The molecule has 2 N–H and O–H groups in total. The number of H-pyrrole nitrogens is 1. The average Bonchev–Trinajstić information content (AvgIpc) is 2.55. The summed E-state index contributed by atoms with van der Waals surface area (Å²) in [7, 11) is 0. The van der Waals surface area contributed by atoms with Crippen LogP contribution < -0.4 is 11.0 Å². The van der Waals surface area contributed by atoms with Gasteiger partial charge in [-0.15, -0.1) is 0 Å². The standard InChI is InChI=1S/C16H20N4O2S/c1-4-11-7-6-8-12(5-2)14(11)17-13(21)9-23-15-10(3)19-20-16(22)18-15/h6-8H,4-5,9H2,1-3H3,(H,17,21)(H,18,20,22). The first-order chi connectivity index (χ1) is 11.0. The van der Waals surface area contributed by atoms with Crippen LogP contribution in [-0.2, 0) is 17.6 Å². The largest absolute Gasteiger partial charge is 0.362 e. The molecule has 1 aromatic heterocycles. The fourth-order valence-corrected chi connectivity index (χ4v) is 2.97. The fourth-order valence-electron chi connectivity index (χ4n) is 2.23. The normalized spacial score (nSPS) is 10.6. The first kappa shape index (κ1) is 17.2. The van der Waals surface area contributed by atoms with E-state index in [-0.39, 0.29) is 11.7 Å². The van der Waals surface area contributed by atoms with Gasteiger partial charge in [-0.3, -0.25) is 4.79 Å². The van der Waals surface area contributed by atoms with Gasteiger partial charge in [0.15, 0.2) is 0 Å². The summed E-state index contributed by atoms with van der Waals surface area (Å²) >= 11 is 1.21. The van der Waals surface area contributed by atoms with Crippen LogP contribution in [0.25, 0.3) is 0 Å². The van der Waals surface area contributed by atoms with E-state index in [1.165, 1.54) is 11.8 Å². The lowest BCUT2D eigenvalue weighted by Crippen LogP contribution is -2.18. The minimum Gasteiger partial charge on any atom is -0.325 e. The predicted molar refractivity (Wildman–Crippen MR) is 91.9 cm³/mol. The van der Waals surface area contributed by atoms with Crippen LogP contribution in [0.2, 0.25) is 0 Å². The molecule has 6 nitrogen and oxygen atoms in total. The van der Waals surface area contributed by atoms with Gasteiger partial charge in [-0.1, -0.05) is 43.8 Å². The second-order valence-corrected chi connectivity index (χ2v) is 5.99. The third-order valence-corrected chi connectivity index (χ3v) is 4.50. The number of nitrogens with zero attached hydrogens (tertiary/aromatic N) is 2. The van der Waals surface area contributed by atoms with Crippen molar-refractivity contribution in [3.05, 3.63) is 45.5 Å². The number of aryl methyl sites for hydroxylation is 3. The van der Waals surface area contributed by atoms with Crippen LogP contribution in [0.15, 0.2) is 28.0 Å². The van der Waals surface area contributed by atoms with E-state index in [4.69, 9.17) is 0 Å². The molecule has 2 aromatic rings. The van der Waals surface area contributed by atoms with Crippen molar-refractivity contribution in [2.75, 3.05) is 11.1 Å². The molecular weight excluding hydrogens is 312 g/mol. The highest BCUT2D eigenvalue weighted by Crippen LogP contribution is 2.23. The Morgan fingerprint density at radius 1 is 1.26 bits per heavy atom. The number of nitrogens with one attached hydrogen (secondary N) is 2. The highest BCUT2D eigenvalue weighted by molar-refractivity contribution is 8.00. The van der Waals surface area contributed by atoms with Crippen molar-refractivity contribution >= 4 is 23.4 Å². The second-order valence-electron chi connectivity index (χ2n) is 5.03. The van der Waals surface area contributed by atoms with Crippen molar-refractivity contribution in [1.82, 2.24) is 15.2 Å². The highest BCUT2D eigenvalue weighted by Gasteiger charge is 2.12. The van der Waals surface area contributed by atoms with Gasteiger partial charge in [0.05, 0.1) is 11.4 Å². The van der Waals surface area contributed by atoms with Crippen molar-refractivity contribution in [2.24, 2.45) is 0 Å². The topological polar surface area (TPSA) is 87.7 Å². The van der Waals surface area contributed by atoms with Crippen LogP contribution in [0.5, 0.6) is 0 Å². The summed E-state index contributed by atoms with van der Waals surface area (Å²) in [5.74, 6) is 0.0623. The number of carbonyl (C=O) groups is 1. The minimum absolute atomic E-state index is 0.118. The van der Waals surface area contributed by atoms with Gasteiger partial charge in [-0.25, -0.2) is 9.89 Å². The first-order valence-corrected chi connectivity index (χ1v) is 8.50. The molecule has 0 bridgehead atoms. The van der Waals surface area contributed by atoms with Gasteiger partial charge in [0.25, 0.3) is 0 Å². The number of aromatic amines is 1. The van der Waals surface area contributed by atoms with Crippen LogP contribution in [0, 0.1) is 6.92 Å². The summed E-state index contributed by atoms with van der Waals surface area (Å²) in [5, 5.41) is 9.58. The molecule has 1 amide bonds. The number of benzene rings is 1. The van der Waals surface area contributed by atoms with Gasteiger partial charge in [0.1, 0.15) is 5.03 Å². The van der Waals surface area contributed by atoms with Crippen LogP contribution in [-0.4, -0.2) is 26.8 Å². The zero-order chi connectivity index (χ0) is 16.8. The maximum atomic E-state index is 12.3. The summed E-state index contributed by atoms with van der Waals surface area (Å²) in [4.78, 5) is 27.3. The molecular formula is C16H20N4O2S. The lowest BCUT2D eigenvalue weighted by atomic mass is 10.0. The molecule has 0 saturated heterocycles. The molecule has 0 unspecified atom stereocenters. The Kier molecular flexibility index (Phi) is 5.92. The number of amides is 1. The van der Waals surface area contributed by atoms with E-state index < -0.39 is 5.69 Å². The lowest BCUT2D eigenvalue weighted by molar-refractivity contribution is -0.113. The Morgan fingerprint density at radius 3 is 2.52 bits per heavy atom.